The van der Waals surface area contributed by atoms with E-state index in [-0.39, 0.29) is 36.1 Å². The molecule has 7 nitrogen and oxygen atoms in total. The maximum absolute atomic E-state index is 12.3. The molecule has 2 unspecified atom stereocenters. The molecule has 1 aromatic rings. The van der Waals surface area contributed by atoms with E-state index in [1.54, 1.807) is 16.2 Å². The van der Waals surface area contributed by atoms with E-state index < -0.39 is 5.60 Å². The highest BCUT2D eigenvalue weighted by atomic mass is 127. The van der Waals surface area contributed by atoms with E-state index in [0.717, 1.165) is 29.8 Å². The Morgan fingerprint density at radius 2 is 2.19 bits per heavy atom. The molecule has 0 aliphatic carbocycles. The van der Waals surface area contributed by atoms with Gasteiger partial charge in [0.15, 0.2) is 5.96 Å². The number of aryl methyl sites for hydroxylation is 1. The van der Waals surface area contributed by atoms with Crippen LogP contribution in [0.15, 0.2) is 10.4 Å². The average Bonchev–Trinajstić information content (AvgIpc) is 3.16. The lowest BCUT2D eigenvalue weighted by molar-refractivity contribution is 0.0137. The Bertz CT molecular complexity index is 688. The molecule has 152 valence electrons. The molecule has 0 spiro atoms. The number of guanidine groups is 1. The summed E-state index contributed by atoms with van der Waals surface area (Å²) in [6, 6.07) is 0.233. The predicted molar refractivity (Wildman–Crippen MR) is 119 cm³/mol. The van der Waals surface area contributed by atoms with Gasteiger partial charge in [-0.05, 0) is 27.7 Å². The monoisotopic (exact) mass is 507 g/mol. The summed E-state index contributed by atoms with van der Waals surface area (Å²) in [6.45, 7) is 13.5. The van der Waals surface area contributed by atoms with Crippen molar-refractivity contribution in [3.63, 3.8) is 0 Å². The largest absolute Gasteiger partial charge is 0.444 e. The number of ether oxygens (including phenoxy) is 1. The number of hydrogen-bond donors (Lipinski definition) is 1. The highest BCUT2D eigenvalue weighted by Crippen LogP contribution is 2.21. The number of aromatic nitrogens is 1. The number of hydrogen-bond acceptors (Lipinski definition) is 7. The van der Waals surface area contributed by atoms with Gasteiger partial charge in [-0.25, -0.2) is 9.78 Å². The minimum absolute atomic E-state index is 0. The Labute approximate surface area is 182 Å². The lowest BCUT2D eigenvalue weighted by Crippen LogP contribution is -2.57. The minimum atomic E-state index is -0.461. The molecule has 27 heavy (non-hydrogen) atoms. The predicted octanol–water partition coefficient (Wildman–Crippen LogP) is 3.05. The first-order valence-corrected chi connectivity index (χ1v) is 10.1. The number of carbonyl (C=O) groups is 1. The van der Waals surface area contributed by atoms with Crippen molar-refractivity contribution in [1.29, 1.82) is 0 Å². The van der Waals surface area contributed by atoms with Crippen LogP contribution in [0.25, 0.3) is 0 Å². The molecule has 0 radical (unpaired) electrons. The summed E-state index contributed by atoms with van der Waals surface area (Å²) < 4.78 is 5.49. The lowest BCUT2D eigenvalue weighted by atomic mass is 10.2. The van der Waals surface area contributed by atoms with Crippen molar-refractivity contribution >= 4 is 47.4 Å². The van der Waals surface area contributed by atoms with Gasteiger partial charge in [0.1, 0.15) is 5.60 Å². The topological polar surface area (TPSA) is 70.1 Å². The van der Waals surface area contributed by atoms with Crippen LogP contribution in [-0.4, -0.2) is 71.2 Å². The van der Waals surface area contributed by atoms with Crippen molar-refractivity contribution in [2.75, 3.05) is 32.7 Å². The Morgan fingerprint density at radius 3 is 2.81 bits per heavy atom. The van der Waals surface area contributed by atoms with E-state index in [4.69, 9.17) is 4.74 Å². The van der Waals surface area contributed by atoms with Gasteiger partial charge in [0.2, 0.25) is 0 Å². The van der Waals surface area contributed by atoms with E-state index in [1.165, 1.54) is 0 Å². The smallest absolute Gasteiger partial charge is 0.410 e. The molecule has 3 rings (SSSR count). The van der Waals surface area contributed by atoms with E-state index in [2.05, 4.69) is 32.5 Å². The van der Waals surface area contributed by atoms with Gasteiger partial charge in [-0.3, -0.25) is 4.99 Å². The molecule has 1 fully saturated rings. The molecule has 0 aromatic carbocycles. The highest BCUT2D eigenvalue weighted by Gasteiger charge is 2.36. The molecule has 0 bridgehead atoms. The summed E-state index contributed by atoms with van der Waals surface area (Å²) >= 11 is 1.71. The Morgan fingerprint density at radius 1 is 1.44 bits per heavy atom. The van der Waals surface area contributed by atoms with Gasteiger partial charge in [0, 0.05) is 43.2 Å². The molecular weight excluding hydrogens is 477 g/mol. The Kier molecular flexibility index (Phi) is 7.34. The number of piperazine rings is 1. The minimum Gasteiger partial charge on any atom is -0.444 e. The zero-order valence-corrected chi connectivity index (χ0v) is 19.8. The summed E-state index contributed by atoms with van der Waals surface area (Å²) in [4.78, 5) is 25.6. The fourth-order valence-electron chi connectivity index (χ4n) is 3.15. The van der Waals surface area contributed by atoms with Gasteiger partial charge >= 0.3 is 6.09 Å². The van der Waals surface area contributed by atoms with Gasteiger partial charge in [-0.1, -0.05) is 6.92 Å². The van der Waals surface area contributed by atoms with Crippen molar-refractivity contribution in [3.8, 4) is 0 Å². The highest BCUT2D eigenvalue weighted by molar-refractivity contribution is 14.0. The van der Waals surface area contributed by atoms with Gasteiger partial charge in [0.25, 0.3) is 0 Å². The number of rotatable bonds is 3. The third-order valence-corrected chi connectivity index (χ3v) is 5.68. The molecule has 2 aliphatic heterocycles. The normalized spacial score (nSPS) is 20.5. The molecule has 3 heterocycles. The second kappa shape index (κ2) is 8.93. The van der Waals surface area contributed by atoms with Gasteiger partial charge in [-0.15, -0.1) is 35.3 Å². The molecule has 1 N–H and O–H groups in total. The summed E-state index contributed by atoms with van der Waals surface area (Å²) in [5.74, 6) is 1.29. The van der Waals surface area contributed by atoms with E-state index in [0.29, 0.717) is 25.6 Å². The van der Waals surface area contributed by atoms with E-state index >= 15 is 0 Å². The summed E-state index contributed by atoms with van der Waals surface area (Å²) in [5, 5.41) is 6.72. The number of thiazole rings is 1. The van der Waals surface area contributed by atoms with Crippen LogP contribution < -0.4 is 5.32 Å². The third-order valence-electron chi connectivity index (χ3n) is 4.48. The first-order valence-electron chi connectivity index (χ1n) is 9.18. The summed E-state index contributed by atoms with van der Waals surface area (Å²) in [6.07, 6.45) is -0.230. The van der Waals surface area contributed by atoms with Crippen LogP contribution in [0, 0.1) is 6.92 Å². The van der Waals surface area contributed by atoms with Crippen molar-refractivity contribution in [3.05, 3.63) is 16.1 Å². The van der Waals surface area contributed by atoms with Crippen molar-refractivity contribution < 1.29 is 9.53 Å². The van der Waals surface area contributed by atoms with Crippen molar-refractivity contribution in [1.82, 2.24) is 20.1 Å². The number of nitrogens with one attached hydrogen (secondary N) is 1. The van der Waals surface area contributed by atoms with Crippen LogP contribution in [0.4, 0.5) is 4.79 Å². The van der Waals surface area contributed by atoms with Crippen LogP contribution in [0.2, 0.25) is 0 Å². The lowest BCUT2D eigenvalue weighted by Gasteiger charge is -2.39. The molecular formula is C18H30IN5O2S. The van der Waals surface area contributed by atoms with E-state index in [9.17, 15) is 4.79 Å². The number of halogens is 1. The van der Waals surface area contributed by atoms with Crippen molar-refractivity contribution in [2.45, 2.75) is 52.2 Å². The molecule has 2 aliphatic rings. The fourth-order valence-corrected chi connectivity index (χ4v) is 4.01. The molecule has 2 atom stereocenters. The summed E-state index contributed by atoms with van der Waals surface area (Å²) in [5.41, 5.74) is 0.616. The SMILES string of the molecule is Cc1csc(C(C)CNC2=NCC3CN(C(=O)OC(C)(C)C)CCN23)n1.I. The number of amides is 1. The first-order chi connectivity index (χ1) is 12.2. The number of aliphatic imine (C=N–C) groups is 1. The van der Waals surface area contributed by atoms with Crippen molar-refractivity contribution in [2.24, 2.45) is 4.99 Å². The molecule has 0 saturated carbocycles. The molecule has 1 amide bonds. The van der Waals surface area contributed by atoms with Gasteiger partial charge in [0.05, 0.1) is 17.6 Å². The fraction of sp³-hybridized carbons (Fsp3) is 0.722. The van der Waals surface area contributed by atoms with E-state index in [1.807, 2.05) is 27.7 Å². The first kappa shape index (κ1) is 22.2. The van der Waals surface area contributed by atoms with Crippen LogP contribution in [0.1, 0.15) is 44.3 Å². The maximum Gasteiger partial charge on any atom is 0.410 e. The number of nitrogens with zero attached hydrogens (tertiary/aromatic N) is 4. The standard InChI is InChI=1S/C18H29N5O2S.HI/c1-12(15-21-13(2)11-26-15)8-19-16-20-9-14-10-22(6-7-23(14)16)17(24)25-18(3,4)5;/h11-12,14H,6-10H2,1-5H3,(H,19,20);1H. The van der Waals surface area contributed by atoms with Crippen LogP contribution in [0.5, 0.6) is 0 Å². The van der Waals surface area contributed by atoms with Gasteiger partial charge in [-0.2, -0.15) is 0 Å². The Balaban J connectivity index is 0.00000261. The molecule has 1 saturated heterocycles. The van der Waals surface area contributed by atoms with Gasteiger partial charge < -0.3 is 19.9 Å². The summed E-state index contributed by atoms with van der Waals surface area (Å²) in [7, 11) is 0. The van der Waals surface area contributed by atoms with Crippen LogP contribution in [0.3, 0.4) is 0 Å². The zero-order valence-electron chi connectivity index (χ0n) is 16.7. The van der Waals surface area contributed by atoms with Crippen LogP contribution in [-0.2, 0) is 4.74 Å². The maximum atomic E-state index is 12.3. The quantitative estimate of drug-likeness (QED) is 0.638. The number of fused-ring (bicyclic) bond motifs is 1. The third kappa shape index (κ3) is 5.69. The molecule has 1 aromatic heterocycles. The van der Waals surface area contributed by atoms with Crippen LogP contribution >= 0.6 is 35.3 Å². The molecule has 9 heteroatoms. The number of carbonyl (C=O) groups excluding carboxylic acids is 1. The second-order valence-electron chi connectivity index (χ2n) is 8.05. The average molecular weight is 507 g/mol. The second-order valence-corrected chi connectivity index (χ2v) is 8.94. The zero-order chi connectivity index (χ0) is 18.9. The Hall–Kier alpha value is -1.10.